The van der Waals surface area contributed by atoms with Crippen LogP contribution >= 0.6 is 0 Å². The Morgan fingerprint density at radius 3 is 2.87 bits per heavy atom. The normalized spacial score (nSPS) is 23.0. The van der Waals surface area contributed by atoms with Gasteiger partial charge < -0.3 is 10.2 Å². The number of nitrogens with zero attached hydrogens (tertiary/aromatic N) is 3. The molecule has 5 nitrogen and oxygen atoms in total. The third kappa shape index (κ3) is 5.29. The molecule has 0 spiro atoms. The van der Waals surface area contributed by atoms with E-state index >= 15 is 0 Å². The largest absolute Gasteiger partial charge is 0.351 e. The molecule has 3 heterocycles. The number of carbonyl (C=O) groups excluding carboxylic acids is 1. The maximum Gasteiger partial charge on any atom is 0.234 e. The molecular weight excluding hydrogens is 288 g/mol. The Hall–Kier alpha value is -1.46. The van der Waals surface area contributed by atoms with Crippen LogP contribution < -0.4 is 5.32 Å². The van der Waals surface area contributed by atoms with Crippen molar-refractivity contribution >= 4 is 5.91 Å². The number of likely N-dealkylation sites (tertiary alicyclic amines) is 2. The van der Waals surface area contributed by atoms with E-state index < -0.39 is 0 Å². The Balaban J connectivity index is 1.35. The van der Waals surface area contributed by atoms with Gasteiger partial charge in [-0.15, -0.1) is 0 Å². The minimum absolute atomic E-state index is 0.118. The van der Waals surface area contributed by atoms with Gasteiger partial charge in [0.15, 0.2) is 0 Å². The van der Waals surface area contributed by atoms with Gasteiger partial charge in [0.05, 0.1) is 6.54 Å². The number of nitrogens with one attached hydrogen (secondary N) is 1. The van der Waals surface area contributed by atoms with E-state index in [9.17, 15) is 4.79 Å². The highest BCUT2D eigenvalue weighted by Crippen LogP contribution is 2.19. The number of pyridine rings is 1. The third-order valence-corrected chi connectivity index (χ3v) is 4.91. The summed E-state index contributed by atoms with van der Waals surface area (Å²) in [5.74, 6) is 0.853. The summed E-state index contributed by atoms with van der Waals surface area (Å²) < 4.78 is 0. The molecule has 1 N–H and O–H groups in total. The zero-order valence-corrected chi connectivity index (χ0v) is 13.9. The van der Waals surface area contributed by atoms with E-state index in [1.165, 1.54) is 45.3 Å². The van der Waals surface area contributed by atoms with Crippen molar-refractivity contribution in [3.8, 4) is 0 Å². The first-order chi connectivity index (χ1) is 11.3. The van der Waals surface area contributed by atoms with Gasteiger partial charge in [0.25, 0.3) is 0 Å². The van der Waals surface area contributed by atoms with E-state index in [1.54, 1.807) is 12.4 Å². The van der Waals surface area contributed by atoms with E-state index in [0.29, 0.717) is 13.1 Å². The van der Waals surface area contributed by atoms with E-state index in [4.69, 9.17) is 0 Å². The van der Waals surface area contributed by atoms with Crippen LogP contribution in [0.15, 0.2) is 24.5 Å². The monoisotopic (exact) mass is 316 g/mol. The molecule has 2 fully saturated rings. The van der Waals surface area contributed by atoms with E-state index in [2.05, 4.69) is 20.1 Å². The number of aromatic nitrogens is 1. The lowest BCUT2D eigenvalue weighted by Gasteiger charge is -2.29. The van der Waals surface area contributed by atoms with Crippen molar-refractivity contribution < 1.29 is 4.79 Å². The average molecular weight is 316 g/mol. The lowest BCUT2D eigenvalue weighted by molar-refractivity contribution is -0.122. The maximum absolute atomic E-state index is 12.1. The van der Waals surface area contributed by atoms with Gasteiger partial charge >= 0.3 is 0 Å². The zero-order valence-electron chi connectivity index (χ0n) is 13.9. The number of piperidine rings is 1. The Labute approximate surface area is 139 Å². The molecule has 5 heteroatoms. The molecule has 0 unspecified atom stereocenters. The second-order valence-electron chi connectivity index (χ2n) is 6.89. The Morgan fingerprint density at radius 2 is 2.09 bits per heavy atom. The number of hydrogen-bond donors (Lipinski definition) is 1. The molecule has 1 amide bonds. The molecule has 0 saturated carbocycles. The van der Waals surface area contributed by atoms with Crippen LogP contribution in [0.2, 0.25) is 0 Å². The van der Waals surface area contributed by atoms with E-state index in [0.717, 1.165) is 24.6 Å². The van der Waals surface area contributed by atoms with Crippen molar-refractivity contribution in [1.82, 2.24) is 20.1 Å². The predicted molar refractivity (Wildman–Crippen MR) is 90.9 cm³/mol. The molecule has 3 rings (SSSR count). The topological polar surface area (TPSA) is 48.5 Å². The van der Waals surface area contributed by atoms with Crippen LogP contribution in [-0.4, -0.2) is 60.0 Å². The fourth-order valence-corrected chi connectivity index (χ4v) is 3.67. The molecule has 0 radical (unpaired) electrons. The highest BCUT2D eigenvalue weighted by Gasteiger charge is 2.26. The van der Waals surface area contributed by atoms with Gasteiger partial charge in [-0.1, -0.05) is 12.5 Å². The fourth-order valence-electron chi connectivity index (χ4n) is 3.67. The number of amides is 1. The van der Waals surface area contributed by atoms with Gasteiger partial charge in [-0.2, -0.15) is 0 Å². The molecule has 1 aromatic heterocycles. The van der Waals surface area contributed by atoms with Crippen molar-refractivity contribution in [2.75, 3.05) is 39.3 Å². The summed E-state index contributed by atoms with van der Waals surface area (Å²) in [5.41, 5.74) is 1.05. The molecular formula is C18H28N4O. The Bertz CT molecular complexity index is 487. The average Bonchev–Trinajstić information content (AvgIpc) is 3.02. The standard InChI is InChI=1S/C18H28N4O/c23-18(20-12-16-5-4-7-19-11-16)15-22-10-6-17(14-22)13-21-8-2-1-3-9-21/h4-5,7,11,17H,1-3,6,8-10,12-15H2,(H,20,23)/t17-/m0/s1. The summed E-state index contributed by atoms with van der Waals surface area (Å²) >= 11 is 0. The summed E-state index contributed by atoms with van der Waals surface area (Å²) in [5, 5.41) is 2.99. The maximum atomic E-state index is 12.1. The van der Waals surface area contributed by atoms with Crippen LogP contribution in [-0.2, 0) is 11.3 Å². The third-order valence-electron chi connectivity index (χ3n) is 4.91. The predicted octanol–water partition coefficient (Wildman–Crippen LogP) is 1.51. The molecule has 0 aliphatic carbocycles. The van der Waals surface area contributed by atoms with Gasteiger partial charge in [-0.05, 0) is 56.4 Å². The first-order valence-electron chi connectivity index (χ1n) is 8.90. The molecule has 2 aliphatic rings. The van der Waals surface area contributed by atoms with Crippen molar-refractivity contribution in [3.05, 3.63) is 30.1 Å². The van der Waals surface area contributed by atoms with Crippen molar-refractivity contribution in [3.63, 3.8) is 0 Å². The molecule has 126 valence electrons. The molecule has 0 bridgehead atoms. The molecule has 0 aromatic carbocycles. The minimum atomic E-state index is 0.118. The van der Waals surface area contributed by atoms with Gasteiger partial charge in [0, 0.05) is 32.0 Å². The van der Waals surface area contributed by atoms with Crippen LogP contribution in [0.5, 0.6) is 0 Å². The summed E-state index contributed by atoms with van der Waals surface area (Å²) in [7, 11) is 0. The molecule has 2 saturated heterocycles. The zero-order chi connectivity index (χ0) is 15.9. The number of carbonyl (C=O) groups is 1. The number of rotatable bonds is 6. The van der Waals surface area contributed by atoms with Gasteiger partial charge in [0.2, 0.25) is 5.91 Å². The van der Waals surface area contributed by atoms with Gasteiger partial charge in [-0.3, -0.25) is 14.7 Å². The molecule has 1 atom stereocenters. The van der Waals surface area contributed by atoms with Crippen molar-refractivity contribution in [1.29, 1.82) is 0 Å². The van der Waals surface area contributed by atoms with Crippen LogP contribution in [0.3, 0.4) is 0 Å². The molecule has 1 aromatic rings. The quantitative estimate of drug-likeness (QED) is 0.864. The summed E-state index contributed by atoms with van der Waals surface area (Å²) in [6.45, 7) is 6.96. The van der Waals surface area contributed by atoms with Crippen molar-refractivity contribution in [2.24, 2.45) is 5.92 Å². The first kappa shape index (κ1) is 16.4. The van der Waals surface area contributed by atoms with Crippen molar-refractivity contribution in [2.45, 2.75) is 32.2 Å². The summed E-state index contributed by atoms with van der Waals surface area (Å²) in [6, 6.07) is 3.88. The summed E-state index contributed by atoms with van der Waals surface area (Å²) in [6.07, 6.45) is 8.87. The van der Waals surface area contributed by atoms with E-state index in [1.807, 2.05) is 12.1 Å². The lowest BCUT2D eigenvalue weighted by atomic mass is 10.1. The lowest BCUT2D eigenvalue weighted by Crippen LogP contribution is -2.37. The van der Waals surface area contributed by atoms with Crippen LogP contribution in [0.1, 0.15) is 31.2 Å². The van der Waals surface area contributed by atoms with E-state index in [-0.39, 0.29) is 5.91 Å². The van der Waals surface area contributed by atoms with Gasteiger partial charge in [0.1, 0.15) is 0 Å². The smallest absolute Gasteiger partial charge is 0.234 e. The molecule has 2 aliphatic heterocycles. The number of hydrogen-bond acceptors (Lipinski definition) is 4. The minimum Gasteiger partial charge on any atom is -0.351 e. The highest BCUT2D eigenvalue weighted by molar-refractivity contribution is 5.78. The van der Waals surface area contributed by atoms with Crippen LogP contribution in [0.4, 0.5) is 0 Å². The Kier molecular flexibility index (Phi) is 6.00. The second-order valence-corrected chi connectivity index (χ2v) is 6.89. The highest BCUT2D eigenvalue weighted by atomic mass is 16.2. The van der Waals surface area contributed by atoms with Gasteiger partial charge in [-0.25, -0.2) is 0 Å². The van der Waals surface area contributed by atoms with Crippen LogP contribution in [0.25, 0.3) is 0 Å². The second kappa shape index (κ2) is 8.41. The summed E-state index contributed by atoms with van der Waals surface area (Å²) in [4.78, 5) is 21.1. The fraction of sp³-hybridized carbons (Fsp3) is 0.667. The Morgan fingerprint density at radius 1 is 1.22 bits per heavy atom. The SMILES string of the molecule is O=C(CN1CC[C@@H](CN2CCCCC2)C1)NCc1cccnc1. The van der Waals surface area contributed by atoms with Crippen LogP contribution in [0, 0.1) is 5.92 Å². The molecule has 23 heavy (non-hydrogen) atoms. The first-order valence-corrected chi connectivity index (χ1v) is 8.90.